The maximum Gasteiger partial charge on any atom is 0.255 e. The van der Waals surface area contributed by atoms with E-state index in [9.17, 15) is 4.79 Å². The first-order chi connectivity index (χ1) is 9.20. The van der Waals surface area contributed by atoms with Crippen LogP contribution in [0.15, 0.2) is 54.6 Å². The van der Waals surface area contributed by atoms with Crippen molar-refractivity contribution < 1.29 is 9.90 Å². The number of hydrogen-bond donors (Lipinski definition) is 3. The number of aliphatic hydroxyl groups is 1. The van der Waals surface area contributed by atoms with E-state index in [0.29, 0.717) is 11.3 Å². The van der Waals surface area contributed by atoms with Crippen molar-refractivity contribution in [2.24, 2.45) is 5.73 Å². The molecule has 0 spiro atoms. The minimum absolute atomic E-state index is 0.101. The second kappa shape index (κ2) is 6.13. The molecule has 4 heteroatoms. The third kappa shape index (κ3) is 3.40. The summed E-state index contributed by atoms with van der Waals surface area (Å²) in [6.07, 6.45) is 0. The van der Waals surface area contributed by atoms with Crippen LogP contribution in [0.4, 0.5) is 5.69 Å². The Morgan fingerprint density at radius 3 is 2.32 bits per heavy atom. The van der Waals surface area contributed by atoms with Gasteiger partial charge >= 0.3 is 0 Å². The number of rotatable bonds is 4. The van der Waals surface area contributed by atoms with E-state index in [2.05, 4.69) is 5.32 Å². The second-order valence-electron chi connectivity index (χ2n) is 4.23. The van der Waals surface area contributed by atoms with Crippen LogP contribution in [0.1, 0.15) is 22.0 Å². The fourth-order valence-electron chi connectivity index (χ4n) is 1.71. The van der Waals surface area contributed by atoms with Crippen molar-refractivity contribution in [3.05, 3.63) is 65.7 Å². The number of nitrogens with two attached hydrogens (primary N) is 1. The van der Waals surface area contributed by atoms with Gasteiger partial charge in [-0.1, -0.05) is 30.3 Å². The van der Waals surface area contributed by atoms with Gasteiger partial charge in [-0.25, -0.2) is 0 Å². The molecule has 0 heterocycles. The highest BCUT2D eigenvalue weighted by atomic mass is 16.3. The maximum absolute atomic E-state index is 11.9. The predicted octanol–water partition coefficient (Wildman–Crippen LogP) is 1.93. The molecule has 2 aromatic carbocycles. The lowest BCUT2D eigenvalue weighted by atomic mass is 10.1. The molecule has 4 nitrogen and oxygen atoms in total. The molecule has 0 saturated heterocycles. The summed E-state index contributed by atoms with van der Waals surface area (Å²) in [6, 6.07) is 15.7. The fraction of sp³-hybridized carbons (Fsp3) is 0.133. The summed E-state index contributed by atoms with van der Waals surface area (Å²) < 4.78 is 0. The van der Waals surface area contributed by atoms with Gasteiger partial charge in [-0.15, -0.1) is 0 Å². The molecule has 0 aliphatic heterocycles. The summed E-state index contributed by atoms with van der Waals surface area (Å²) in [5.41, 5.74) is 7.84. The zero-order valence-corrected chi connectivity index (χ0v) is 10.4. The molecule has 98 valence electrons. The average molecular weight is 256 g/mol. The summed E-state index contributed by atoms with van der Waals surface area (Å²) in [6.45, 7) is -0.101. The molecule has 0 aliphatic rings. The van der Waals surface area contributed by atoms with E-state index in [-0.39, 0.29) is 18.6 Å². The van der Waals surface area contributed by atoms with E-state index in [4.69, 9.17) is 10.8 Å². The van der Waals surface area contributed by atoms with E-state index >= 15 is 0 Å². The van der Waals surface area contributed by atoms with Crippen molar-refractivity contribution in [2.45, 2.75) is 6.04 Å². The van der Waals surface area contributed by atoms with Crippen molar-refractivity contribution in [3.63, 3.8) is 0 Å². The Balaban J connectivity index is 2.06. The normalized spacial score (nSPS) is 11.9. The quantitative estimate of drug-likeness (QED) is 0.782. The highest BCUT2D eigenvalue weighted by Gasteiger charge is 2.06. The van der Waals surface area contributed by atoms with E-state index in [1.807, 2.05) is 18.2 Å². The summed E-state index contributed by atoms with van der Waals surface area (Å²) in [5, 5.41) is 11.8. The van der Waals surface area contributed by atoms with Crippen molar-refractivity contribution >= 4 is 11.6 Å². The molecule has 0 aliphatic carbocycles. The highest BCUT2D eigenvalue weighted by Crippen LogP contribution is 2.15. The van der Waals surface area contributed by atoms with Gasteiger partial charge in [-0.2, -0.15) is 0 Å². The molecule has 1 amide bonds. The second-order valence-corrected chi connectivity index (χ2v) is 4.23. The molecular formula is C15H16N2O2. The number of aliphatic hydroxyl groups excluding tert-OH is 1. The molecule has 1 unspecified atom stereocenters. The Kier molecular flexibility index (Phi) is 4.28. The predicted molar refractivity (Wildman–Crippen MR) is 74.9 cm³/mol. The topological polar surface area (TPSA) is 75.3 Å². The van der Waals surface area contributed by atoms with Gasteiger partial charge in [0, 0.05) is 11.3 Å². The SMILES string of the molecule is NC(CO)c1ccc(NC(=O)c2ccccc2)cc1. The number of hydrogen-bond acceptors (Lipinski definition) is 3. The molecule has 0 fully saturated rings. The number of benzene rings is 2. The van der Waals surface area contributed by atoms with Gasteiger partial charge in [0.05, 0.1) is 12.6 Å². The summed E-state index contributed by atoms with van der Waals surface area (Å²) in [5.74, 6) is -0.153. The molecule has 1 atom stereocenters. The monoisotopic (exact) mass is 256 g/mol. The minimum atomic E-state index is -0.390. The fourth-order valence-corrected chi connectivity index (χ4v) is 1.71. The van der Waals surface area contributed by atoms with Crippen LogP contribution in [0.5, 0.6) is 0 Å². The lowest BCUT2D eigenvalue weighted by molar-refractivity contribution is 0.102. The largest absolute Gasteiger partial charge is 0.394 e. The zero-order chi connectivity index (χ0) is 13.7. The van der Waals surface area contributed by atoms with Crippen LogP contribution in [0.2, 0.25) is 0 Å². The van der Waals surface area contributed by atoms with Crippen LogP contribution < -0.4 is 11.1 Å². The molecule has 19 heavy (non-hydrogen) atoms. The Morgan fingerprint density at radius 2 is 1.74 bits per heavy atom. The van der Waals surface area contributed by atoms with Crippen LogP contribution in [0.3, 0.4) is 0 Å². The van der Waals surface area contributed by atoms with Gasteiger partial charge in [0.1, 0.15) is 0 Å². The van der Waals surface area contributed by atoms with Crippen LogP contribution >= 0.6 is 0 Å². The lowest BCUT2D eigenvalue weighted by Crippen LogP contribution is -2.15. The first kappa shape index (κ1) is 13.3. The average Bonchev–Trinajstić information content (AvgIpc) is 2.48. The van der Waals surface area contributed by atoms with E-state index < -0.39 is 0 Å². The first-order valence-electron chi connectivity index (χ1n) is 6.03. The number of carbonyl (C=O) groups is 1. The number of amides is 1. The van der Waals surface area contributed by atoms with Gasteiger partial charge in [0.2, 0.25) is 0 Å². The van der Waals surface area contributed by atoms with Gasteiger partial charge < -0.3 is 16.2 Å². The summed E-state index contributed by atoms with van der Waals surface area (Å²) >= 11 is 0. The minimum Gasteiger partial charge on any atom is -0.394 e. The zero-order valence-electron chi connectivity index (χ0n) is 10.4. The standard InChI is InChI=1S/C15H16N2O2/c16-14(10-18)11-6-8-13(9-7-11)17-15(19)12-4-2-1-3-5-12/h1-9,14,18H,10,16H2,(H,17,19). The van der Waals surface area contributed by atoms with Crippen molar-refractivity contribution in [1.82, 2.24) is 0 Å². The van der Waals surface area contributed by atoms with Crippen LogP contribution in [0, 0.1) is 0 Å². The molecule has 0 saturated carbocycles. The van der Waals surface area contributed by atoms with Crippen molar-refractivity contribution in [1.29, 1.82) is 0 Å². The van der Waals surface area contributed by atoms with E-state index in [1.54, 1.807) is 36.4 Å². The molecule has 4 N–H and O–H groups in total. The summed E-state index contributed by atoms with van der Waals surface area (Å²) in [4.78, 5) is 11.9. The lowest BCUT2D eigenvalue weighted by Gasteiger charge is -2.10. The highest BCUT2D eigenvalue weighted by molar-refractivity contribution is 6.04. The Bertz CT molecular complexity index is 538. The molecule has 0 aromatic heterocycles. The Labute approximate surface area is 111 Å². The first-order valence-corrected chi connectivity index (χ1v) is 6.03. The van der Waals surface area contributed by atoms with Gasteiger partial charge in [0.15, 0.2) is 0 Å². The molecule has 0 bridgehead atoms. The number of anilines is 1. The number of nitrogens with one attached hydrogen (secondary N) is 1. The van der Waals surface area contributed by atoms with Gasteiger partial charge in [-0.05, 0) is 29.8 Å². The van der Waals surface area contributed by atoms with Crippen molar-refractivity contribution in [2.75, 3.05) is 11.9 Å². The molecule has 2 rings (SSSR count). The Hall–Kier alpha value is -2.17. The van der Waals surface area contributed by atoms with Gasteiger partial charge in [0.25, 0.3) is 5.91 Å². The van der Waals surface area contributed by atoms with Crippen molar-refractivity contribution in [3.8, 4) is 0 Å². The molecule has 2 aromatic rings. The third-order valence-corrected chi connectivity index (χ3v) is 2.83. The molecule has 0 radical (unpaired) electrons. The number of carbonyl (C=O) groups excluding carboxylic acids is 1. The van der Waals surface area contributed by atoms with Crippen LogP contribution in [-0.4, -0.2) is 17.6 Å². The van der Waals surface area contributed by atoms with Crippen LogP contribution in [0.25, 0.3) is 0 Å². The maximum atomic E-state index is 11.9. The summed E-state index contributed by atoms with van der Waals surface area (Å²) in [7, 11) is 0. The van der Waals surface area contributed by atoms with E-state index in [0.717, 1.165) is 5.56 Å². The Morgan fingerprint density at radius 1 is 1.11 bits per heavy atom. The molecular weight excluding hydrogens is 240 g/mol. The van der Waals surface area contributed by atoms with E-state index in [1.165, 1.54) is 0 Å². The smallest absolute Gasteiger partial charge is 0.255 e. The van der Waals surface area contributed by atoms with Crippen LogP contribution in [-0.2, 0) is 0 Å². The van der Waals surface area contributed by atoms with Gasteiger partial charge in [-0.3, -0.25) is 4.79 Å². The third-order valence-electron chi connectivity index (χ3n) is 2.83.